The maximum Gasteiger partial charge on any atom is 0.410 e. The van der Waals surface area contributed by atoms with Crippen LogP contribution in [0.5, 0.6) is 0 Å². The Morgan fingerprint density at radius 2 is 1.02 bits per heavy atom. The molecule has 0 bridgehead atoms. The molecule has 2 aliphatic carbocycles. The number of ether oxygens (including phenoxy) is 7. The average molecular weight is 836 g/mol. The van der Waals surface area contributed by atoms with E-state index < -0.39 is 16.8 Å². The van der Waals surface area contributed by atoms with Gasteiger partial charge in [0.2, 0.25) is 0 Å². The normalized spacial score (nSPS) is 19.3. The zero-order chi connectivity index (χ0) is 42.1. The summed E-state index contributed by atoms with van der Waals surface area (Å²) in [5, 5.41) is 12.1. The second-order valence-electron chi connectivity index (χ2n) is 17.7. The SMILES string of the molecule is C1CC1OC1CNC1.C=COC1CN(C(=O)OC(C)(C)C)C1.C=COCCCC.CC(C)(C)OC(=O)N1CC(O)C1.CC(C)(C)OC(=O)N1CC(OC2CC2)C1.Cl. The van der Waals surface area contributed by atoms with Gasteiger partial charge in [0, 0.05) is 13.1 Å². The number of unbranched alkanes of at least 4 members (excludes halogenated alkanes) is 1. The molecule has 4 heterocycles. The third-order valence-electron chi connectivity index (χ3n) is 8.10. The number of carbonyl (C=O) groups excluding carboxylic acids is 3. The lowest BCUT2D eigenvalue weighted by atomic mass is 10.2. The molecule has 15 nitrogen and oxygen atoms in total. The first-order chi connectivity index (χ1) is 26.1. The number of hydrogen-bond donors (Lipinski definition) is 2. The molecule has 2 N–H and O–H groups in total. The minimum Gasteiger partial charge on any atom is -0.502 e. The van der Waals surface area contributed by atoms with Crippen LogP contribution >= 0.6 is 12.4 Å². The van der Waals surface area contributed by atoms with Gasteiger partial charge in [0.15, 0.2) is 0 Å². The highest BCUT2D eigenvalue weighted by Crippen LogP contribution is 2.28. The van der Waals surface area contributed by atoms with E-state index in [1.54, 1.807) is 9.80 Å². The van der Waals surface area contributed by atoms with E-state index >= 15 is 0 Å². The van der Waals surface area contributed by atoms with Crippen molar-refractivity contribution in [1.82, 2.24) is 20.0 Å². The number of carbonyl (C=O) groups is 3. The summed E-state index contributed by atoms with van der Waals surface area (Å²) in [4.78, 5) is 38.9. The first kappa shape index (κ1) is 52.0. The Kier molecular flexibility index (Phi) is 22.7. The lowest BCUT2D eigenvalue weighted by molar-refractivity contribution is -0.0691. The molecule has 6 rings (SSSR count). The van der Waals surface area contributed by atoms with E-state index in [1.807, 2.05) is 62.3 Å². The number of rotatable bonds is 10. The van der Waals surface area contributed by atoms with Crippen LogP contribution in [0.1, 0.15) is 108 Å². The Balaban J connectivity index is 0.000000364. The number of nitrogens with zero attached hydrogens (tertiary/aromatic N) is 3. The Labute approximate surface area is 348 Å². The molecule has 332 valence electrons. The van der Waals surface area contributed by atoms with Crippen molar-refractivity contribution < 1.29 is 52.6 Å². The number of nitrogens with one attached hydrogen (secondary N) is 1. The summed E-state index contributed by atoms with van der Waals surface area (Å²) in [6.45, 7) is 32.0. The van der Waals surface area contributed by atoms with Gasteiger partial charge >= 0.3 is 18.3 Å². The summed E-state index contributed by atoms with van der Waals surface area (Å²) in [5.41, 5.74) is -1.28. The lowest BCUT2D eigenvalue weighted by Gasteiger charge is -2.39. The largest absolute Gasteiger partial charge is 0.502 e. The molecule has 3 amide bonds. The summed E-state index contributed by atoms with van der Waals surface area (Å²) >= 11 is 0. The van der Waals surface area contributed by atoms with Crippen LogP contribution in [0.25, 0.3) is 0 Å². The Morgan fingerprint density at radius 3 is 1.32 bits per heavy atom. The number of hydrogen-bond acceptors (Lipinski definition) is 12. The van der Waals surface area contributed by atoms with Crippen LogP contribution in [0.3, 0.4) is 0 Å². The molecule has 4 aliphatic heterocycles. The van der Waals surface area contributed by atoms with Crippen molar-refractivity contribution >= 4 is 30.7 Å². The van der Waals surface area contributed by atoms with Crippen molar-refractivity contribution in [2.45, 2.75) is 161 Å². The van der Waals surface area contributed by atoms with E-state index in [1.165, 1.54) is 49.5 Å². The summed E-state index contributed by atoms with van der Waals surface area (Å²) < 4.78 is 36.6. The van der Waals surface area contributed by atoms with Crippen molar-refractivity contribution in [2.75, 3.05) is 59.0 Å². The van der Waals surface area contributed by atoms with Crippen molar-refractivity contribution in [1.29, 1.82) is 0 Å². The van der Waals surface area contributed by atoms with Gasteiger partial charge in [-0.25, -0.2) is 14.4 Å². The highest BCUT2D eigenvalue weighted by atomic mass is 35.5. The Hall–Kier alpha value is -2.98. The number of aliphatic hydroxyl groups excluding tert-OH is 1. The molecule has 6 aliphatic rings. The predicted octanol–water partition coefficient (Wildman–Crippen LogP) is 6.65. The zero-order valence-corrected chi connectivity index (χ0v) is 37.2. The standard InChI is InChI=1S/C11H19NO3.C10H17NO3.C8H15NO3.C6H11NO.C6H12O.ClH/c1-11(2,3)15-10(13)12-6-9(7-12)14-8-4-5-8;1-5-13-8-6-11(7-8)9(12)14-10(2,3)4;1-8(2,3)12-7(11)9-4-6(10)5-9;1-2-5(1)8-6-3-7-4-6;1-3-5-6-7-4-2;/h8-9H,4-7H2,1-3H3;5,8H,1,6-7H2,2-4H3;6,10H,4-5H2,1-3H3;5-7H,1-4H2;4H,2-3,5-6H2,1H3;1H. The van der Waals surface area contributed by atoms with Gasteiger partial charge in [-0.2, -0.15) is 0 Å². The fourth-order valence-corrected chi connectivity index (χ4v) is 4.69. The van der Waals surface area contributed by atoms with Gasteiger partial charge in [-0.15, -0.1) is 12.4 Å². The van der Waals surface area contributed by atoms with Crippen LogP contribution in [0.15, 0.2) is 25.7 Å². The summed E-state index contributed by atoms with van der Waals surface area (Å²) in [7, 11) is 0. The van der Waals surface area contributed by atoms with E-state index in [4.69, 9.17) is 38.3 Å². The minimum absolute atomic E-state index is 0. The molecule has 2 saturated carbocycles. The van der Waals surface area contributed by atoms with Crippen molar-refractivity contribution in [2.24, 2.45) is 0 Å². The van der Waals surface area contributed by atoms with E-state index in [2.05, 4.69) is 25.4 Å². The first-order valence-electron chi connectivity index (χ1n) is 20.2. The summed E-state index contributed by atoms with van der Waals surface area (Å²) in [5.74, 6) is 0. The minimum atomic E-state index is -0.447. The van der Waals surface area contributed by atoms with Gasteiger partial charge in [0.1, 0.15) is 22.9 Å². The maximum atomic E-state index is 11.5. The zero-order valence-electron chi connectivity index (χ0n) is 36.4. The van der Waals surface area contributed by atoms with Crippen molar-refractivity contribution in [3.63, 3.8) is 0 Å². The molecule has 0 atom stereocenters. The van der Waals surface area contributed by atoms with E-state index in [9.17, 15) is 14.4 Å². The molecule has 16 heteroatoms. The van der Waals surface area contributed by atoms with Gasteiger partial charge in [-0.1, -0.05) is 26.5 Å². The topological polar surface area (TPSA) is 158 Å². The van der Waals surface area contributed by atoms with Crippen LogP contribution in [-0.4, -0.2) is 150 Å². The molecule has 57 heavy (non-hydrogen) atoms. The van der Waals surface area contributed by atoms with E-state index in [0.29, 0.717) is 57.6 Å². The van der Waals surface area contributed by atoms with Crippen LogP contribution in [-0.2, 0) is 33.2 Å². The number of amides is 3. The number of β-amino-alcohol motifs (C(OH)–C–C–N with tert-alkyl or cyclic N) is 1. The van der Waals surface area contributed by atoms with Gasteiger partial charge in [0.25, 0.3) is 0 Å². The quantitative estimate of drug-likeness (QED) is 0.137. The van der Waals surface area contributed by atoms with E-state index in [0.717, 1.165) is 26.1 Å². The number of likely N-dealkylation sites (tertiary alicyclic amines) is 3. The molecule has 0 aromatic rings. The fourth-order valence-electron chi connectivity index (χ4n) is 4.69. The highest BCUT2D eigenvalue weighted by Gasteiger charge is 2.38. The van der Waals surface area contributed by atoms with Gasteiger partial charge in [-0.3, -0.25) is 0 Å². The fraction of sp³-hybridized carbons (Fsp3) is 0.829. The second-order valence-corrected chi connectivity index (χ2v) is 17.7. The third kappa shape index (κ3) is 24.5. The molecular formula is C41H75ClN4O11. The van der Waals surface area contributed by atoms with Crippen LogP contribution < -0.4 is 5.32 Å². The molecule has 6 fully saturated rings. The molecule has 0 aromatic carbocycles. The van der Waals surface area contributed by atoms with Gasteiger partial charge in [0.05, 0.1) is 88.9 Å². The molecular weight excluding hydrogens is 760 g/mol. The monoisotopic (exact) mass is 835 g/mol. The smallest absolute Gasteiger partial charge is 0.410 e. The molecule has 4 saturated heterocycles. The highest BCUT2D eigenvalue weighted by molar-refractivity contribution is 5.85. The van der Waals surface area contributed by atoms with Crippen LogP contribution in [0, 0.1) is 0 Å². The Bertz CT molecular complexity index is 1190. The van der Waals surface area contributed by atoms with Crippen LogP contribution in [0.2, 0.25) is 0 Å². The maximum absolute atomic E-state index is 11.5. The lowest BCUT2D eigenvalue weighted by Crippen LogP contribution is -2.56. The van der Waals surface area contributed by atoms with Gasteiger partial charge in [-0.05, 0) is 94.4 Å². The molecule has 0 radical (unpaired) electrons. The van der Waals surface area contributed by atoms with Crippen molar-refractivity contribution in [3.05, 3.63) is 25.7 Å². The third-order valence-corrected chi connectivity index (χ3v) is 8.10. The van der Waals surface area contributed by atoms with E-state index in [-0.39, 0.29) is 49.0 Å². The summed E-state index contributed by atoms with van der Waals surface area (Å²) in [6.07, 6.45) is 11.0. The van der Waals surface area contributed by atoms with Crippen molar-refractivity contribution in [3.8, 4) is 0 Å². The number of aliphatic hydroxyl groups is 1. The average Bonchev–Trinajstić information content (AvgIpc) is 3.92. The molecule has 0 aromatic heterocycles. The second kappa shape index (κ2) is 24.8. The summed E-state index contributed by atoms with van der Waals surface area (Å²) in [6, 6.07) is 0. The molecule has 0 unspecified atom stereocenters. The van der Waals surface area contributed by atoms with Crippen LogP contribution in [0.4, 0.5) is 14.4 Å². The number of halogens is 1. The molecule has 0 spiro atoms. The van der Waals surface area contributed by atoms with Gasteiger partial charge < -0.3 is 58.3 Å². The Morgan fingerprint density at radius 1 is 0.632 bits per heavy atom. The first-order valence-corrected chi connectivity index (χ1v) is 20.2. The predicted molar refractivity (Wildman–Crippen MR) is 221 cm³/mol.